The number of likely N-dealkylation sites (N-methyl/N-ethyl adjacent to an activating group) is 1. The van der Waals surface area contributed by atoms with E-state index < -0.39 is 12.0 Å². The first-order valence-corrected chi connectivity index (χ1v) is 14.4. The third-order valence-corrected chi connectivity index (χ3v) is 7.67. The molecule has 0 spiro atoms. The van der Waals surface area contributed by atoms with Crippen LogP contribution in [-0.2, 0) is 20.9 Å². The van der Waals surface area contributed by atoms with Gasteiger partial charge in [0.2, 0.25) is 5.91 Å². The first-order chi connectivity index (χ1) is 20.4. The second-order valence-corrected chi connectivity index (χ2v) is 10.5. The number of hydrazine groups is 1. The molecule has 0 saturated carbocycles. The van der Waals surface area contributed by atoms with Crippen molar-refractivity contribution in [2.75, 3.05) is 59.5 Å². The Morgan fingerprint density at radius 1 is 1.17 bits per heavy atom. The fraction of sp³-hybridized carbons (Fsp3) is 0.469. The van der Waals surface area contributed by atoms with Gasteiger partial charge < -0.3 is 25.3 Å². The SMILES string of the molecule is CN1CC(CN2CCCC2)=CN1c1ccc(C#N)cc1.CNC(=O)C(CCC=O)C(OC)c1ccc(OC)cc1CN. The molecule has 2 aromatic rings. The van der Waals surface area contributed by atoms with E-state index >= 15 is 0 Å². The Labute approximate surface area is 249 Å². The topological polar surface area (TPSA) is 124 Å². The van der Waals surface area contributed by atoms with E-state index in [4.69, 9.17) is 20.5 Å². The van der Waals surface area contributed by atoms with Crippen molar-refractivity contribution in [2.45, 2.75) is 38.3 Å². The molecule has 2 atom stereocenters. The van der Waals surface area contributed by atoms with Gasteiger partial charge in [-0.1, -0.05) is 6.07 Å². The molecule has 2 aliphatic heterocycles. The molecule has 10 nitrogen and oxygen atoms in total. The number of rotatable bonds is 12. The zero-order valence-corrected chi connectivity index (χ0v) is 25.2. The van der Waals surface area contributed by atoms with Crippen LogP contribution in [0.25, 0.3) is 0 Å². The highest BCUT2D eigenvalue weighted by atomic mass is 16.5. The first-order valence-electron chi connectivity index (χ1n) is 14.4. The van der Waals surface area contributed by atoms with Crippen molar-refractivity contribution in [3.63, 3.8) is 0 Å². The number of nitriles is 1. The van der Waals surface area contributed by atoms with Crippen molar-refractivity contribution in [3.05, 3.63) is 70.9 Å². The standard InChI is InChI=1S/C16H20N4.C16H24N2O4/c1-18-11-15(12-19-8-2-3-9-19)13-20(18)16-6-4-14(10-17)5-7-16;1-18-16(20)14(5-4-8-19)15(22-3)13-7-6-12(21-2)9-11(13)10-17/h4-7,13H,2-3,8-9,11-12H2,1H3;6-9,14-15H,4-5,10,17H2,1-3H3,(H,18,20). The van der Waals surface area contributed by atoms with E-state index in [0.29, 0.717) is 30.7 Å². The van der Waals surface area contributed by atoms with Gasteiger partial charge in [0.05, 0.1) is 36.5 Å². The number of nitrogens with zero attached hydrogens (tertiary/aromatic N) is 4. The lowest BCUT2D eigenvalue weighted by Crippen LogP contribution is -2.33. The predicted molar refractivity (Wildman–Crippen MR) is 164 cm³/mol. The van der Waals surface area contributed by atoms with E-state index in [9.17, 15) is 9.59 Å². The van der Waals surface area contributed by atoms with Gasteiger partial charge in [-0.05, 0) is 85.5 Å². The van der Waals surface area contributed by atoms with Crippen molar-refractivity contribution in [1.29, 1.82) is 5.26 Å². The molecular weight excluding hydrogens is 532 g/mol. The van der Waals surface area contributed by atoms with Crippen LogP contribution in [0.5, 0.6) is 5.75 Å². The van der Waals surface area contributed by atoms with Crippen LogP contribution < -0.4 is 20.8 Å². The third kappa shape index (κ3) is 8.63. The number of nitrogens with two attached hydrogens (primary N) is 1. The number of amides is 1. The number of likely N-dealkylation sites (tertiary alicyclic amines) is 1. The lowest BCUT2D eigenvalue weighted by Gasteiger charge is -2.26. The Balaban J connectivity index is 0.000000231. The number of methoxy groups -OCH3 is 2. The van der Waals surface area contributed by atoms with Gasteiger partial charge in [0.25, 0.3) is 0 Å². The van der Waals surface area contributed by atoms with Crippen LogP contribution in [0.15, 0.2) is 54.2 Å². The van der Waals surface area contributed by atoms with E-state index in [1.54, 1.807) is 27.3 Å². The molecule has 1 amide bonds. The summed E-state index contributed by atoms with van der Waals surface area (Å²) in [5, 5.41) is 15.9. The second-order valence-electron chi connectivity index (χ2n) is 10.5. The summed E-state index contributed by atoms with van der Waals surface area (Å²) in [5.74, 6) is 0.0785. The predicted octanol–water partition coefficient (Wildman–Crippen LogP) is 3.39. The normalized spacial score (nSPS) is 16.6. The zero-order valence-electron chi connectivity index (χ0n) is 25.2. The average Bonchev–Trinajstić information content (AvgIpc) is 3.68. The highest BCUT2D eigenvalue weighted by Gasteiger charge is 2.30. The van der Waals surface area contributed by atoms with Crippen LogP contribution in [0.3, 0.4) is 0 Å². The minimum atomic E-state index is -0.468. The lowest BCUT2D eigenvalue weighted by atomic mass is 9.88. The lowest BCUT2D eigenvalue weighted by molar-refractivity contribution is -0.129. The third-order valence-electron chi connectivity index (χ3n) is 7.67. The number of ether oxygens (including phenoxy) is 2. The van der Waals surface area contributed by atoms with Gasteiger partial charge >= 0.3 is 0 Å². The Bertz CT molecular complexity index is 1240. The zero-order chi connectivity index (χ0) is 30.5. The summed E-state index contributed by atoms with van der Waals surface area (Å²) in [4.78, 5) is 25.3. The van der Waals surface area contributed by atoms with E-state index in [0.717, 1.165) is 36.2 Å². The smallest absolute Gasteiger partial charge is 0.225 e. The van der Waals surface area contributed by atoms with Crippen LogP contribution in [0.1, 0.15) is 48.5 Å². The number of hydrogen-bond acceptors (Lipinski definition) is 9. The highest BCUT2D eigenvalue weighted by molar-refractivity contribution is 5.79. The fourth-order valence-electron chi connectivity index (χ4n) is 5.49. The van der Waals surface area contributed by atoms with Gasteiger partial charge in [-0.15, -0.1) is 0 Å². The first kappa shape index (κ1) is 32.8. The summed E-state index contributed by atoms with van der Waals surface area (Å²) >= 11 is 0. The van der Waals surface area contributed by atoms with Crippen LogP contribution in [0, 0.1) is 17.2 Å². The Morgan fingerprint density at radius 2 is 1.88 bits per heavy atom. The summed E-state index contributed by atoms with van der Waals surface area (Å²) in [6.45, 7) is 4.84. The van der Waals surface area contributed by atoms with Crippen LogP contribution in [0.2, 0.25) is 0 Å². The van der Waals surface area contributed by atoms with Gasteiger partial charge in [0, 0.05) is 53.5 Å². The molecule has 1 fully saturated rings. The molecule has 10 heteroatoms. The van der Waals surface area contributed by atoms with Crippen molar-refractivity contribution >= 4 is 17.9 Å². The van der Waals surface area contributed by atoms with Crippen molar-refractivity contribution in [3.8, 4) is 11.8 Å². The summed E-state index contributed by atoms with van der Waals surface area (Å²) in [6.07, 6.45) is 5.96. The van der Waals surface area contributed by atoms with Gasteiger partial charge in [-0.25, -0.2) is 5.01 Å². The number of benzene rings is 2. The van der Waals surface area contributed by atoms with Crippen LogP contribution in [-0.4, -0.2) is 76.6 Å². The molecule has 0 aliphatic carbocycles. The van der Waals surface area contributed by atoms with Gasteiger partial charge in [-0.3, -0.25) is 14.7 Å². The Hall–Kier alpha value is -3.75. The van der Waals surface area contributed by atoms with Gasteiger partial charge in [0.15, 0.2) is 0 Å². The Kier molecular flexibility index (Phi) is 13.0. The molecule has 226 valence electrons. The second kappa shape index (κ2) is 16.6. The number of carbonyl (C=O) groups excluding carboxylic acids is 2. The minimum absolute atomic E-state index is 0.160. The minimum Gasteiger partial charge on any atom is -0.497 e. The van der Waals surface area contributed by atoms with Gasteiger partial charge in [0.1, 0.15) is 12.0 Å². The monoisotopic (exact) mass is 576 g/mol. The van der Waals surface area contributed by atoms with Crippen LogP contribution in [0.4, 0.5) is 5.69 Å². The van der Waals surface area contributed by atoms with Crippen molar-refractivity contribution in [2.24, 2.45) is 11.7 Å². The summed E-state index contributed by atoms with van der Waals surface area (Å²) in [7, 11) is 6.80. The quantitative estimate of drug-likeness (QED) is 0.366. The maximum atomic E-state index is 12.2. The van der Waals surface area contributed by atoms with Gasteiger partial charge in [-0.2, -0.15) is 5.26 Å². The van der Waals surface area contributed by atoms with E-state index in [1.165, 1.54) is 31.5 Å². The van der Waals surface area contributed by atoms with Crippen molar-refractivity contribution in [1.82, 2.24) is 15.2 Å². The molecule has 0 aromatic heterocycles. The van der Waals surface area contributed by atoms with E-state index in [-0.39, 0.29) is 5.91 Å². The summed E-state index contributed by atoms with van der Waals surface area (Å²) in [5.41, 5.74) is 10.8. The molecule has 42 heavy (non-hydrogen) atoms. The number of hydrogen-bond donors (Lipinski definition) is 2. The Morgan fingerprint density at radius 3 is 2.45 bits per heavy atom. The molecule has 0 bridgehead atoms. The summed E-state index contributed by atoms with van der Waals surface area (Å²) in [6, 6.07) is 15.4. The number of nitrogens with one attached hydrogen (secondary N) is 1. The molecule has 2 aliphatic rings. The van der Waals surface area contributed by atoms with E-state index in [2.05, 4.69) is 39.6 Å². The maximum absolute atomic E-state index is 12.2. The molecule has 0 radical (unpaired) electrons. The average molecular weight is 577 g/mol. The molecule has 4 rings (SSSR count). The largest absolute Gasteiger partial charge is 0.497 e. The molecule has 2 unspecified atom stereocenters. The number of anilines is 1. The molecule has 2 aromatic carbocycles. The highest BCUT2D eigenvalue weighted by Crippen LogP contribution is 2.33. The number of aldehydes is 1. The van der Waals surface area contributed by atoms with Crippen LogP contribution >= 0.6 is 0 Å². The molecular formula is C32H44N6O4. The molecule has 2 heterocycles. The fourth-order valence-corrected chi connectivity index (χ4v) is 5.49. The van der Waals surface area contributed by atoms with E-state index in [1.807, 2.05) is 36.4 Å². The maximum Gasteiger partial charge on any atom is 0.225 e. The number of carbonyl (C=O) groups is 2. The van der Waals surface area contributed by atoms with Crippen molar-refractivity contribution < 1.29 is 19.1 Å². The molecule has 1 saturated heterocycles. The summed E-state index contributed by atoms with van der Waals surface area (Å²) < 4.78 is 10.8. The molecule has 3 N–H and O–H groups in total.